The van der Waals surface area contributed by atoms with E-state index < -0.39 is 131 Å². The van der Waals surface area contributed by atoms with Gasteiger partial charge in [-0.3, -0.25) is 53.0 Å². The van der Waals surface area contributed by atoms with Crippen molar-refractivity contribution in [3.05, 3.63) is 65.7 Å². The number of methoxy groups -OCH3 is 2. The fourth-order valence-electron chi connectivity index (χ4n) is 12.3. The first kappa shape index (κ1) is 80.6. The molecule has 2 saturated heterocycles. The van der Waals surface area contributed by atoms with Crippen molar-refractivity contribution in [3.63, 3.8) is 0 Å². The number of nitrogens with two attached hydrogens (primary N) is 1. The number of nitrogens with zero attached hydrogens (tertiary/aromatic N) is 4. The van der Waals surface area contributed by atoms with E-state index in [4.69, 9.17) is 19.9 Å². The predicted octanol–water partition coefficient (Wildman–Crippen LogP) is 4.78. The van der Waals surface area contributed by atoms with Crippen LogP contribution >= 0.6 is 12.6 Å². The van der Waals surface area contributed by atoms with Crippen molar-refractivity contribution in [3.8, 4) is 0 Å². The van der Waals surface area contributed by atoms with Crippen LogP contribution in [0.15, 0.2) is 54.6 Å². The molecule has 2 aromatic carbocycles. The molecule has 0 saturated carbocycles. The zero-order chi connectivity index (χ0) is 71.7. The van der Waals surface area contributed by atoms with Crippen LogP contribution in [0.25, 0.3) is 0 Å². The number of rotatable bonds is 39. The molecule has 2 heterocycles. The molecule has 27 nitrogen and oxygen atoms in total. The first-order chi connectivity index (χ1) is 45.4. The molecule has 12 atom stereocenters. The Labute approximate surface area is 570 Å². The maximum atomic E-state index is 14.8. The van der Waals surface area contributed by atoms with Crippen LogP contribution in [0.4, 0.5) is 15.3 Å². The van der Waals surface area contributed by atoms with Crippen LogP contribution in [0, 0.1) is 29.6 Å². The Morgan fingerprint density at radius 1 is 0.729 bits per heavy atom. The van der Waals surface area contributed by atoms with Gasteiger partial charge >= 0.3 is 18.1 Å². The van der Waals surface area contributed by atoms with Crippen molar-refractivity contribution in [2.45, 2.75) is 206 Å². The van der Waals surface area contributed by atoms with Gasteiger partial charge in [-0.25, -0.2) is 14.4 Å². The summed E-state index contributed by atoms with van der Waals surface area (Å²) < 4.78 is 17.7. The highest BCUT2D eigenvalue weighted by Gasteiger charge is 2.44. The summed E-state index contributed by atoms with van der Waals surface area (Å²) in [6.07, 6.45) is 1.20. The van der Waals surface area contributed by atoms with Crippen molar-refractivity contribution in [2.24, 2.45) is 35.3 Å². The van der Waals surface area contributed by atoms with Crippen LogP contribution in [-0.4, -0.2) is 204 Å². The number of carbonyl (C=O) groups excluding carboxylic acids is 11. The summed E-state index contributed by atoms with van der Waals surface area (Å²) in [6.45, 7) is 16.6. The molecule has 12 amide bonds. The van der Waals surface area contributed by atoms with Crippen molar-refractivity contribution in [1.82, 2.24) is 46.2 Å². The highest BCUT2D eigenvalue weighted by molar-refractivity contribution is 7.81. The standard InChI is InChI=1S/C68H105N11O16S/c1-14-42(8)58(50(93-12)36-53(81)78-34-22-26-49(78)59(94-13)43(9)60(83)73-48(66(89)90)35-44-23-17-15-18-24-44)76(10)65(88)56(40(4)5)75-63(86)57(41(6)7)77(11)68(92)95-38-45-28-30-46(31-29-45)71-61(84)47(25-21-32-70-67(69)91)72-62(85)55(39(2)3)74-52(80)27-19-16-20-33-79-54(82)37-51(96)64(79)87/h15,17-18,23-24,28-31,39-43,47-51,55-59,96H,14,16,19-22,25-27,32-38H2,1-13H3,(H,71,84)(H,72,85)(H,73,83)(H,74,80)(H,75,86)(H,89,90)(H3,69,70,91)/t42-,43+,47-,48-,49-,50+,51?,55-,56-,57-,58-,59+/m0/s1. The molecule has 9 N–H and O–H groups in total. The molecule has 0 aliphatic carbocycles. The van der Waals surface area contributed by atoms with Gasteiger partial charge in [-0.05, 0) is 85.5 Å². The van der Waals surface area contributed by atoms with Gasteiger partial charge in [0.1, 0.15) is 36.8 Å². The summed E-state index contributed by atoms with van der Waals surface area (Å²) in [6, 6.07) is 7.85. The second-order valence-corrected chi connectivity index (χ2v) is 26.8. The molecule has 96 heavy (non-hydrogen) atoms. The minimum atomic E-state index is -1.19. The number of nitrogens with one attached hydrogen (secondary N) is 6. The molecule has 0 spiro atoms. The Morgan fingerprint density at radius 3 is 1.94 bits per heavy atom. The third-order valence-electron chi connectivity index (χ3n) is 17.9. The van der Waals surface area contributed by atoms with E-state index >= 15 is 0 Å². The Kier molecular flexibility index (Phi) is 33.1. The van der Waals surface area contributed by atoms with Crippen LogP contribution in [0.3, 0.4) is 0 Å². The van der Waals surface area contributed by atoms with Crippen LogP contribution in [0.2, 0.25) is 0 Å². The first-order valence-electron chi connectivity index (χ1n) is 33.3. The molecular formula is C68H105N11O16S. The number of unbranched alkanes of at least 4 members (excludes halogenated alkanes) is 2. The number of benzene rings is 2. The minimum Gasteiger partial charge on any atom is -0.480 e. The van der Waals surface area contributed by atoms with E-state index in [2.05, 4.69) is 44.5 Å². The van der Waals surface area contributed by atoms with Gasteiger partial charge in [-0.1, -0.05) is 118 Å². The van der Waals surface area contributed by atoms with Gasteiger partial charge < -0.3 is 66.8 Å². The Bertz CT molecular complexity index is 2960. The lowest BCUT2D eigenvalue weighted by Crippen LogP contribution is -2.60. The number of likely N-dealkylation sites (tertiary alicyclic amines) is 2. The van der Waals surface area contributed by atoms with Gasteiger partial charge in [0.2, 0.25) is 53.2 Å². The number of thiol groups is 1. The van der Waals surface area contributed by atoms with E-state index in [1.54, 1.807) is 109 Å². The first-order valence-corrected chi connectivity index (χ1v) is 33.8. The van der Waals surface area contributed by atoms with E-state index in [-0.39, 0.29) is 87.8 Å². The van der Waals surface area contributed by atoms with E-state index in [9.17, 15) is 62.6 Å². The number of imide groups is 1. The van der Waals surface area contributed by atoms with Gasteiger partial charge in [0.25, 0.3) is 0 Å². The molecular weight excluding hydrogens is 1260 g/mol. The number of hydrogen-bond acceptors (Lipinski definition) is 16. The monoisotopic (exact) mass is 1360 g/mol. The molecule has 534 valence electrons. The average Bonchev–Trinajstić information content (AvgIpc) is 1.19. The third-order valence-corrected chi connectivity index (χ3v) is 18.4. The summed E-state index contributed by atoms with van der Waals surface area (Å²) in [4.78, 5) is 165. The second kappa shape index (κ2) is 39.4. The maximum Gasteiger partial charge on any atom is 0.410 e. The van der Waals surface area contributed by atoms with Gasteiger partial charge in [-0.2, -0.15) is 12.6 Å². The number of carboxylic acids is 1. The van der Waals surface area contributed by atoms with E-state index in [1.165, 1.54) is 31.1 Å². The molecule has 1 unspecified atom stereocenters. The summed E-state index contributed by atoms with van der Waals surface area (Å²) in [5, 5.41) is 25.7. The second-order valence-electron chi connectivity index (χ2n) is 26.1. The Morgan fingerprint density at radius 2 is 1.38 bits per heavy atom. The van der Waals surface area contributed by atoms with Crippen molar-refractivity contribution >= 4 is 89.6 Å². The van der Waals surface area contributed by atoms with Crippen LogP contribution in [0.1, 0.15) is 144 Å². The number of primary amides is 1. The van der Waals surface area contributed by atoms with E-state index in [1.807, 2.05) is 19.9 Å². The number of likely N-dealkylation sites (N-methyl/N-ethyl adjacent to an activating group) is 2. The third kappa shape index (κ3) is 23.8. The lowest BCUT2D eigenvalue weighted by molar-refractivity contribution is -0.148. The van der Waals surface area contributed by atoms with Crippen LogP contribution < -0.4 is 37.6 Å². The normalized spacial score (nSPS) is 17.8. The topological polar surface area (TPSA) is 364 Å². The van der Waals surface area contributed by atoms with Gasteiger partial charge in [0.15, 0.2) is 0 Å². The van der Waals surface area contributed by atoms with Crippen molar-refractivity contribution < 1.29 is 76.9 Å². The number of anilines is 1. The molecule has 4 rings (SSSR count). The number of amides is 12. The molecule has 2 aromatic rings. The van der Waals surface area contributed by atoms with E-state index in [0.29, 0.717) is 56.3 Å². The number of urea groups is 1. The number of aliphatic carboxylic acids is 1. The minimum absolute atomic E-state index is 0.0599. The number of carbonyl (C=O) groups is 12. The SMILES string of the molecule is CC[C@H](C)[C@@H]([C@@H](CC(=O)N1CCC[C@H]1[C@H](OC)[C@@H](C)C(=O)N[C@@H](Cc1ccccc1)C(=O)O)OC)N(C)C(=O)[C@@H](NC(=O)[C@H](C(C)C)N(C)C(=O)OCc1ccc(NC(=O)[C@H](CCCNC(N)=O)NC(=O)[C@@H](NC(=O)CCCCCN2C(=O)CC(S)C2=O)C(C)C)cc1)C(C)C. The zero-order valence-electron chi connectivity index (χ0n) is 58.1. The molecule has 2 fully saturated rings. The zero-order valence-corrected chi connectivity index (χ0v) is 58.9. The molecule has 28 heteroatoms. The lowest BCUT2D eigenvalue weighted by Gasteiger charge is -2.41. The van der Waals surface area contributed by atoms with Crippen molar-refractivity contribution in [1.29, 1.82) is 0 Å². The predicted molar refractivity (Wildman–Crippen MR) is 362 cm³/mol. The molecule has 2 aliphatic rings. The summed E-state index contributed by atoms with van der Waals surface area (Å²) in [5.74, 6) is -7.59. The Hall–Kier alpha value is -7.85. The fourth-order valence-corrected chi connectivity index (χ4v) is 12.6. The largest absolute Gasteiger partial charge is 0.480 e. The van der Waals surface area contributed by atoms with Crippen LogP contribution in [-0.2, 0) is 75.2 Å². The average molecular weight is 1360 g/mol. The molecule has 0 aromatic heterocycles. The molecule has 2 aliphatic heterocycles. The number of carboxylic acid groups (broad SMARTS) is 1. The summed E-state index contributed by atoms with van der Waals surface area (Å²) in [7, 11) is 5.96. The van der Waals surface area contributed by atoms with E-state index in [0.717, 1.165) is 10.5 Å². The highest BCUT2D eigenvalue weighted by Crippen LogP contribution is 2.30. The molecule has 0 radical (unpaired) electrons. The van der Waals surface area contributed by atoms with Gasteiger partial charge in [-0.15, -0.1) is 0 Å². The number of ether oxygens (including phenoxy) is 3. The van der Waals surface area contributed by atoms with Gasteiger partial charge in [0, 0.05) is 72.9 Å². The number of hydrogen-bond donors (Lipinski definition) is 9. The Balaban J connectivity index is 1.38. The van der Waals surface area contributed by atoms with Crippen LogP contribution in [0.5, 0.6) is 0 Å². The summed E-state index contributed by atoms with van der Waals surface area (Å²) >= 11 is 4.14. The quantitative estimate of drug-likeness (QED) is 0.0247. The lowest BCUT2D eigenvalue weighted by atomic mass is 9.89. The van der Waals surface area contributed by atoms with Gasteiger partial charge in [0.05, 0.1) is 41.9 Å². The summed E-state index contributed by atoms with van der Waals surface area (Å²) in [5.41, 5.74) is 6.83. The highest BCUT2D eigenvalue weighted by atomic mass is 32.1. The van der Waals surface area contributed by atoms with Crippen molar-refractivity contribution in [2.75, 3.05) is 53.3 Å². The fraction of sp³-hybridized carbons (Fsp3) is 0.647. The smallest absolute Gasteiger partial charge is 0.410 e. The molecule has 0 bridgehead atoms. The maximum absolute atomic E-state index is 14.8.